The molecule has 4 aromatic rings. The van der Waals surface area contributed by atoms with Crippen molar-refractivity contribution in [3.8, 4) is 22.9 Å². The second-order valence-electron chi connectivity index (χ2n) is 13.9. The van der Waals surface area contributed by atoms with E-state index in [0.717, 1.165) is 40.4 Å². The molecule has 4 heterocycles. The van der Waals surface area contributed by atoms with Gasteiger partial charge in [0.2, 0.25) is 0 Å². The number of hydrogen-bond donors (Lipinski definition) is 2. The van der Waals surface area contributed by atoms with Crippen LogP contribution in [-0.4, -0.2) is 98.8 Å². The monoisotopic (exact) mass is 665 g/mol. The average molecular weight is 666 g/mol. The SMILES string of the molecule is Cc1ccc2[nH]ncc2c1-c1ccc2c(C3CNCC(Cl)N3C(=O)OC(C)(C)C)nc(OC[C@@H]3C[C@H](F)CN3C)nc2c1OC1CC1. The number of benzene rings is 2. The van der Waals surface area contributed by atoms with Gasteiger partial charge in [0.05, 0.1) is 29.6 Å². The molecule has 2 aliphatic heterocycles. The van der Waals surface area contributed by atoms with Crippen molar-refractivity contribution < 1.29 is 23.4 Å². The first-order valence-corrected chi connectivity index (χ1v) is 16.7. The number of fused-ring (bicyclic) bond motifs is 2. The lowest BCUT2D eigenvalue weighted by Gasteiger charge is -2.40. The lowest BCUT2D eigenvalue weighted by atomic mass is 9.94. The van der Waals surface area contributed by atoms with E-state index in [0.29, 0.717) is 48.4 Å². The number of carbonyl (C=O) groups is 1. The first-order valence-electron chi connectivity index (χ1n) is 16.2. The normalized spacial score (nSPS) is 23.9. The third kappa shape index (κ3) is 6.42. The summed E-state index contributed by atoms with van der Waals surface area (Å²) in [6, 6.07) is 7.49. The molecule has 11 nitrogen and oxygen atoms in total. The van der Waals surface area contributed by atoms with E-state index >= 15 is 0 Å². The van der Waals surface area contributed by atoms with Crippen molar-refractivity contribution in [1.82, 2.24) is 35.3 Å². The fraction of sp³-hybridized carbons (Fsp3) is 0.529. The molecule has 3 fully saturated rings. The van der Waals surface area contributed by atoms with Gasteiger partial charge in [0.25, 0.3) is 0 Å². The topological polar surface area (TPSA) is 118 Å². The Morgan fingerprint density at radius 2 is 1.94 bits per heavy atom. The summed E-state index contributed by atoms with van der Waals surface area (Å²) in [4.78, 5) is 27.0. The van der Waals surface area contributed by atoms with Crippen LogP contribution in [0.15, 0.2) is 30.5 Å². The molecule has 1 amide bonds. The molecule has 2 saturated heterocycles. The van der Waals surface area contributed by atoms with Crippen molar-refractivity contribution in [2.45, 2.75) is 82.4 Å². The molecule has 250 valence electrons. The number of aromatic nitrogens is 4. The number of amides is 1. The molecule has 13 heteroatoms. The van der Waals surface area contributed by atoms with Gasteiger partial charge in [-0.05, 0) is 83.3 Å². The van der Waals surface area contributed by atoms with Gasteiger partial charge < -0.3 is 19.5 Å². The number of nitrogens with one attached hydrogen (secondary N) is 2. The zero-order valence-corrected chi connectivity index (χ0v) is 28.1. The molecule has 2 unspecified atom stereocenters. The minimum Gasteiger partial charge on any atom is -0.487 e. The molecule has 7 rings (SSSR count). The number of aromatic amines is 1. The maximum absolute atomic E-state index is 14.2. The number of rotatable bonds is 7. The highest BCUT2D eigenvalue weighted by molar-refractivity contribution is 6.21. The van der Waals surface area contributed by atoms with E-state index in [1.54, 1.807) is 4.90 Å². The number of likely N-dealkylation sites (tertiary alicyclic amines) is 1. The number of hydrogen-bond acceptors (Lipinski definition) is 9. The van der Waals surface area contributed by atoms with Crippen LogP contribution in [0.5, 0.6) is 11.8 Å². The summed E-state index contributed by atoms with van der Waals surface area (Å²) in [5, 5.41) is 12.4. The molecule has 1 saturated carbocycles. The minimum absolute atomic E-state index is 0.0569. The van der Waals surface area contributed by atoms with Crippen LogP contribution in [0.3, 0.4) is 0 Å². The lowest BCUT2D eigenvalue weighted by molar-refractivity contribution is 0.00689. The molecule has 2 aromatic carbocycles. The van der Waals surface area contributed by atoms with Crippen LogP contribution in [0.2, 0.25) is 0 Å². The first kappa shape index (κ1) is 31.8. The molecule has 47 heavy (non-hydrogen) atoms. The molecule has 0 spiro atoms. The number of aryl methyl sites for hydroxylation is 1. The van der Waals surface area contributed by atoms with Crippen LogP contribution in [-0.2, 0) is 4.74 Å². The van der Waals surface area contributed by atoms with Crippen molar-refractivity contribution >= 4 is 39.5 Å². The molecule has 2 N–H and O–H groups in total. The zero-order valence-electron chi connectivity index (χ0n) is 27.3. The van der Waals surface area contributed by atoms with Gasteiger partial charge in [-0.1, -0.05) is 17.7 Å². The average Bonchev–Trinajstić information content (AvgIpc) is 3.59. The summed E-state index contributed by atoms with van der Waals surface area (Å²) in [7, 11) is 1.89. The second-order valence-corrected chi connectivity index (χ2v) is 14.4. The number of likely N-dealkylation sites (N-methyl/N-ethyl adjacent to an activating group) is 1. The van der Waals surface area contributed by atoms with E-state index < -0.39 is 29.4 Å². The Bertz CT molecular complexity index is 1810. The van der Waals surface area contributed by atoms with Gasteiger partial charge in [0, 0.05) is 42.0 Å². The Labute approximate surface area is 278 Å². The van der Waals surface area contributed by atoms with Crippen LogP contribution >= 0.6 is 11.6 Å². The number of H-pyrrole nitrogens is 1. The van der Waals surface area contributed by atoms with Gasteiger partial charge in [-0.15, -0.1) is 0 Å². The smallest absolute Gasteiger partial charge is 0.412 e. The van der Waals surface area contributed by atoms with E-state index in [2.05, 4.69) is 28.5 Å². The number of piperazine rings is 1. The molecule has 2 aromatic heterocycles. The summed E-state index contributed by atoms with van der Waals surface area (Å²) >= 11 is 6.81. The van der Waals surface area contributed by atoms with Crippen molar-refractivity contribution in [2.75, 3.05) is 33.3 Å². The number of ether oxygens (including phenoxy) is 3. The van der Waals surface area contributed by atoms with E-state index in [1.165, 1.54) is 0 Å². The summed E-state index contributed by atoms with van der Waals surface area (Å²) in [5.41, 5.74) is 3.56. The Kier molecular flexibility index (Phi) is 8.38. The molecular weight excluding hydrogens is 625 g/mol. The second kappa shape index (κ2) is 12.4. The summed E-state index contributed by atoms with van der Waals surface area (Å²) in [5.74, 6) is 0.618. The molecule has 1 aliphatic carbocycles. The summed E-state index contributed by atoms with van der Waals surface area (Å²) < 4.78 is 33.0. The molecular formula is C34H41ClFN7O4. The molecule has 3 aliphatic rings. The minimum atomic E-state index is -0.909. The first-order chi connectivity index (χ1) is 22.5. The van der Waals surface area contributed by atoms with E-state index in [-0.39, 0.29) is 24.8 Å². The van der Waals surface area contributed by atoms with Crippen molar-refractivity contribution in [3.05, 3.63) is 41.7 Å². The largest absolute Gasteiger partial charge is 0.487 e. The van der Waals surface area contributed by atoms with E-state index in [1.807, 2.05) is 57.1 Å². The number of carbonyl (C=O) groups excluding carboxylic acids is 1. The Hall–Kier alpha value is -3.74. The Morgan fingerprint density at radius 1 is 1.13 bits per heavy atom. The van der Waals surface area contributed by atoms with Crippen LogP contribution in [0, 0.1) is 6.92 Å². The van der Waals surface area contributed by atoms with Crippen LogP contribution < -0.4 is 14.8 Å². The predicted molar refractivity (Wildman–Crippen MR) is 178 cm³/mol. The number of nitrogens with zero attached hydrogens (tertiary/aromatic N) is 5. The Balaban J connectivity index is 1.41. The fourth-order valence-corrected chi connectivity index (χ4v) is 6.86. The number of alkyl halides is 2. The van der Waals surface area contributed by atoms with Gasteiger partial charge in [-0.3, -0.25) is 14.9 Å². The highest BCUT2D eigenvalue weighted by Gasteiger charge is 2.40. The van der Waals surface area contributed by atoms with Crippen molar-refractivity contribution in [1.29, 1.82) is 0 Å². The summed E-state index contributed by atoms with van der Waals surface area (Å²) in [6.45, 7) is 8.88. The van der Waals surface area contributed by atoms with Gasteiger partial charge in [-0.2, -0.15) is 15.1 Å². The standard InChI is InChI=1S/C34H41ClFN7O4/c1-18-6-11-25-24(13-38-41-25)28(18)22-9-10-23-29(26-14-37-15-27(35)43(26)33(44)47-34(2,3)4)39-32(40-30(23)31(22)46-21-7-8-21)45-17-20-12-19(36)16-42(20)5/h6,9-11,13,19-21,26-27,37H,7-8,12,14-17H2,1-5H3,(H,38,41)/t19-,20-,26?,27?/m0/s1. The van der Waals surface area contributed by atoms with Gasteiger partial charge in [0.15, 0.2) is 5.75 Å². The highest BCUT2D eigenvalue weighted by Crippen LogP contribution is 2.45. The Morgan fingerprint density at radius 3 is 2.66 bits per heavy atom. The third-order valence-electron chi connectivity index (χ3n) is 8.99. The zero-order chi connectivity index (χ0) is 33.0. The van der Waals surface area contributed by atoms with E-state index in [9.17, 15) is 9.18 Å². The van der Waals surface area contributed by atoms with Gasteiger partial charge in [-0.25, -0.2) is 9.18 Å². The van der Waals surface area contributed by atoms with Crippen LogP contribution in [0.4, 0.5) is 9.18 Å². The van der Waals surface area contributed by atoms with Crippen molar-refractivity contribution in [3.63, 3.8) is 0 Å². The fourth-order valence-electron chi connectivity index (χ4n) is 6.54. The highest BCUT2D eigenvalue weighted by atomic mass is 35.5. The lowest BCUT2D eigenvalue weighted by Crippen LogP contribution is -2.54. The third-order valence-corrected chi connectivity index (χ3v) is 9.36. The molecule has 4 atom stereocenters. The molecule has 0 bridgehead atoms. The van der Waals surface area contributed by atoms with E-state index in [4.69, 9.17) is 35.8 Å². The quantitative estimate of drug-likeness (QED) is 0.184. The van der Waals surface area contributed by atoms with Crippen LogP contribution in [0.25, 0.3) is 32.9 Å². The van der Waals surface area contributed by atoms with Gasteiger partial charge in [0.1, 0.15) is 29.4 Å². The summed E-state index contributed by atoms with van der Waals surface area (Å²) in [6.07, 6.45) is 2.70. The van der Waals surface area contributed by atoms with Crippen LogP contribution in [0.1, 0.15) is 57.3 Å². The van der Waals surface area contributed by atoms with Gasteiger partial charge >= 0.3 is 12.1 Å². The predicted octanol–water partition coefficient (Wildman–Crippen LogP) is 5.89. The molecule has 0 radical (unpaired) electrons. The number of halogens is 2. The maximum atomic E-state index is 14.2. The maximum Gasteiger partial charge on any atom is 0.412 e. The van der Waals surface area contributed by atoms with Crippen molar-refractivity contribution in [2.24, 2.45) is 0 Å².